The zero-order valence-corrected chi connectivity index (χ0v) is 11.9. The molecule has 2 aliphatic rings. The lowest BCUT2D eigenvalue weighted by Crippen LogP contribution is -2.34. The van der Waals surface area contributed by atoms with Crippen LogP contribution >= 0.6 is 15.9 Å². The predicted octanol–water partition coefficient (Wildman–Crippen LogP) is 1.69. The first kappa shape index (κ1) is 12.9. The Morgan fingerprint density at radius 1 is 1.26 bits per heavy atom. The molecule has 0 spiro atoms. The summed E-state index contributed by atoms with van der Waals surface area (Å²) < 4.78 is 17.9. The monoisotopic (exact) mass is 327 g/mol. The number of nitrogens with one attached hydrogen (secondary N) is 1. The quantitative estimate of drug-likeness (QED) is 0.838. The maximum atomic E-state index is 11.1. The molecule has 1 fully saturated rings. The number of aldehydes is 1. The molecule has 0 radical (unpaired) electrons. The van der Waals surface area contributed by atoms with Crippen molar-refractivity contribution in [2.75, 3.05) is 32.9 Å². The van der Waals surface area contributed by atoms with Gasteiger partial charge >= 0.3 is 0 Å². The first-order valence-corrected chi connectivity index (χ1v) is 7.00. The second-order valence-electron chi connectivity index (χ2n) is 4.40. The largest absolute Gasteiger partial charge is 0.486 e. The van der Waals surface area contributed by atoms with E-state index in [-0.39, 0.29) is 6.10 Å². The Morgan fingerprint density at radius 2 is 2.05 bits per heavy atom. The fourth-order valence-electron chi connectivity index (χ4n) is 2.36. The number of ether oxygens (including phenoxy) is 3. The van der Waals surface area contributed by atoms with Crippen LogP contribution in [0.25, 0.3) is 0 Å². The number of rotatable bonds is 2. The molecule has 5 nitrogen and oxygen atoms in total. The number of halogens is 1. The highest BCUT2D eigenvalue weighted by Crippen LogP contribution is 2.44. The molecule has 1 aromatic rings. The van der Waals surface area contributed by atoms with E-state index in [0.29, 0.717) is 36.9 Å². The third-order valence-corrected chi connectivity index (χ3v) is 3.86. The summed E-state index contributed by atoms with van der Waals surface area (Å²) in [6.45, 7) is 3.16. The Morgan fingerprint density at radius 3 is 2.74 bits per heavy atom. The number of hydrogen-bond donors (Lipinski definition) is 1. The Bertz CT molecular complexity index is 500. The summed E-state index contributed by atoms with van der Waals surface area (Å²) in [7, 11) is 0. The maximum Gasteiger partial charge on any atom is 0.172 e. The number of carbonyl (C=O) groups is 1. The average molecular weight is 328 g/mol. The van der Waals surface area contributed by atoms with Crippen molar-refractivity contribution in [2.24, 2.45) is 0 Å². The highest BCUT2D eigenvalue weighted by Gasteiger charge is 2.29. The minimum Gasteiger partial charge on any atom is -0.486 e. The van der Waals surface area contributed by atoms with Crippen LogP contribution in [0.2, 0.25) is 0 Å². The lowest BCUT2D eigenvalue weighted by Gasteiger charge is -2.29. The van der Waals surface area contributed by atoms with E-state index in [9.17, 15) is 4.79 Å². The van der Waals surface area contributed by atoms with Crippen LogP contribution in [0.1, 0.15) is 22.0 Å². The van der Waals surface area contributed by atoms with Gasteiger partial charge in [-0.2, -0.15) is 0 Å². The predicted molar refractivity (Wildman–Crippen MR) is 72.1 cm³/mol. The van der Waals surface area contributed by atoms with E-state index < -0.39 is 0 Å². The van der Waals surface area contributed by atoms with Crippen LogP contribution in [-0.2, 0) is 4.74 Å². The van der Waals surface area contributed by atoms with Gasteiger partial charge in [0, 0.05) is 23.1 Å². The Balaban J connectivity index is 2.09. The average Bonchev–Trinajstić information content (AvgIpc) is 2.47. The zero-order chi connectivity index (χ0) is 13.2. The standard InChI is InChI=1S/C13H14BrNO4/c14-9-5-8(7-16)12-13(19-4-3-18-12)11(9)10-6-15-1-2-17-10/h5,7,10,15H,1-4,6H2. The lowest BCUT2D eigenvalue weighted by molar-refractivity contribution is 0.0239. The summed E-state index contributed by atoms with van der Waals surface area (Å²) in [5, 5.41) is 3.28. The van der Waals surface area contributed by atoms with Gasteiger partial charge in [0.2, 0.25) is 0 Å². The number of benzene rings is 1. The Labute approximate surface area is 119 Å². The van der Waals surface area contributed by atoms with Gasteiger partial charge < -0.3 is 19.5 Å². The molecule has 0 aliphatic carbocycles. The molecule has 3 rings (SSSR count). The molecule has 19 heavy (non-hydrogen) atoms. The van der Waals surface area contributed by atoms with Crippen molar-refractivity contribution in [2.45, 2.75) is 6.10 Å². The van der Waals surface area contributed by atoms with Crippen LogP contribution in [-0.4, -0.2) is 39.2 Å². The zero-order valence-electron chi connectivity index (χ0n) is 10.3. The fourth-order valence-corrected chi connectivity index (χ4v) is 3.04. The summed E-state index contributed by atoms with van der Waals surface area (Å²) in [5.41, 5.74) is 1.40. The molecule has 2 heterocycles. The van der Waals surface area contributed by atoms with Crippen LogP contribution < -0.4 is 14.8 Å². The van der Waals surface area contributed by atoms with Crippen molar-refractivity contribution in [1.29, 1.82) is 0 Å². The van der Waals surface area contributed by atoms with Crippen molar-refractivity contribution in [3.05, 3.63) is 21.7 Å². The minimum atomic E-state index is -0.0979. The molecule has 102 valence electrons. The molecular weight excluding hydrogens is 314 g/mol. The summed E-state index contributed by atoms with van der Waals surface area (Å²) in [4.78, 5) is 11.1. The van der Waals surface area contributed by atoms with Crippen LogP contribution in [0.3, 0.4) is 0 Å². The molecule has 1 aromatic carbocycles. The molecule has 1 unspecified atom stereocenters. The maximum absolute atomic E-state index is 11.1. The van der Waals surface area contributed by atoms with Gasteiger partial charge in [0.25, 0.3) is 0 Å². The van der Waals surface area contributed by atoms with E-state index in [2.05, 4.69) is 21.2 Å². The van der Waals surface area contributed by atoms with Crippen molar-refractivity contribution in [1.82, 2.24) is 5.32 Å². The summed E-state index contributed by atoms with van der Waals surface area (Å²) >= 11 is 3.50. The van der Waals surface area contributed by atoms with E-state index in [1.54, 1.807) is 6.07 Å². The van der Waals surface area contributed by atoms with Crippen molar-refractivity contribution >= 4 is 22.2 Å². The Hall–Kier alpha value is -1.11. The van der Waals surface area contributed by atoms with Gasteiger partial charge in [0.05, 0.1) is 18.3 Å². The first-order valence-electron chi connectivity index (χ1n) is 6.20. The smallest absolute Gasteiger partial charge is 0.172 e. The van der Waals surface area contributed by atoms with Crippen LogP contribution in [0, 0.1) is 0 Å². The van der Waals surface area contributed by atoms with E-state index >= 15 is 0 Å². The second-order valence-corrected chi connectivity index (χ2v) is 5.25. The van der Waals surface area contributed by atoms with Crippen molar-refractivity contribution in [3.63, 3.8) is 0 Å². The molecule has 1 N–H and O–H groups in total. The first-order chi connectivity index (χ1) is 9.31. The third kappa shape index (κ3) is 2.35. The van der Waals surface area contributed by atoms with Gasteiger partial charge in [-0.1, -0.05) is 15.9 Å². The molecule has 0 saturated carbocycles. The lowest BCUT2D eigenvalue weighted by atomic mass is 10.0. The van der Waals surface area contributed by atoms with Crippen molar-refractivity contribution < 1.29 is 19.0 Å². The van der Waals surface area contributed by atoms with Gasteiger partial charge in [-0.15, -0.1) is 0 Å². The minimum absolute atomic E-state index is 0.0979. The molecule has 0 bridgehead atoms. The molecule has 6 heteroatoms. The topological polar surface area (TPSA) is 56.8 Å². The van der Waals surface area contributed by atoms with Gasteiger partial charge in [-0.05, 0) is 6.07 Å². The molecule has 0 amide bonds. The molecular formula is C13H14BrNO4. The van der Waals surface area contributed by atoms with Gasteiger partial charge in [0.1, 0.15) is 13.2 Å². The van der Waals surface area contributed by atoms with Crippen LogP contribution in [0.4, 0.5) is 0 Å². The summed E-state index contributed by atoms with van der Waals surface area (Å²) in [6, 6.07) is 1.76. The number of morpholine rings is 1. The van der Waals surface area contributed by atoms with Crippen LogP contribution in [0.15, 0.2) is 10.5 Å². The van der Waals surface area contributed by atoms with E-state index in [4.69, 9.17) is 14.2 Å². The molecule has 2 aliphatic heterocycles. The fraction of sp³-hybridized carbons (Fsp3) is 0.462. The normalized spacial score (nSPS) is 22.1. The van der Waals surface area contributed by atoms with Crippen LogP contribution in [0.5, 0.6) is 11.5 Å². The molecule has 1 atom stereocenters. The van der Waals surface area contributed by atoms with Gasteiger partial charge in [-0.25, -0.2) is 0 Å². The van der Waals surface area contributed by atoms with Crippen molar-refractivity contribution in [3.8, 4) is 11.5 Å². The highest BCUT2D eigenvalue weighted by atomic mass is 79.9. The number of hydrogen-bond acceptors (Lipinski definition) is 5. The SMILES string of the molecule is O=Cc1cc(Br)c(C2CNCCO2)c2c1OCCO2. The summed E-state index contributed by atoms with van der Waals surface area (Å²) in [5.74, 6) is 1.14. The Kier molecular flexibility index (Phi) is 3.72. The number of fused-ring (bicyclic) bond motifs is 1. The van der Waals surface area contributed by atoms with E-state index in [0.717, 1.165) is 29.4 Å². The second kappa shape index (κ2) is 5.48. The van der Waals surface area contributed by atoms with E-state index in [1.807, 2.05) is 0 Å². The molecule has 1 saturated heterocycles. The number of carbonyl (C=O) groups excluding carboxylic acids is 1. The molecule has 0 aromatic heterocycles. The summed E-state index contributed by atoms with van der Waals surface area (Å²) in [6.07, 6.45) is 0.682. The van der Waals surface area contributed by atoms with E-state index in [1.165, 1.54) is 0 Å². The third-order valence-electron chi connectivity index (χ3n) is 3.21. The highest BCUT2D eigenvalue weighted by molar-refractivity contribution is 9.10. The van der Waals surface area contributed by atoms with Gasteiger partial charge in [-0.3, -0.25) is 4.79 Å². The van der Waals surface area contributed by atoms with Gasteiger partial charge in [0.15, 0.2) is 17.8 Å².